The lowest BCUT2D eigenvalue weighted by atomic mass is 10.1. The van der Waals surface area contributed by atoms with E-state index in [1.54, 1.807) is 12.3 Å². The first-order chi connectivity index (χ1) is 9.08. The maximum atomic E-state index is 9.38. The molecule has 1 aromatic rings. The second kappa shape index (κ2) is 8.11. The van der Waals surface area contributed by atoms with Crippen LogP contribution in [0.5, 0.6) is 0 Å². The van der Waals surface area contributed by atoms with E-state index in [2.05, 4.69) is 0 Å². The van der Waals surface area contributed by atoms with Gasteiger partial charge in [-0.1, -0.05) is 36.4 Å². The average molecular weight is 262 g/mol. The van der Waals surface area contributed by atoms with Gasteiger partial charge in [0.05, 0.1) is 12.4 Å². The topological polar surface area (TPSA) is 66.8 Å². The molecule has 2 atom stereocenters. The Labute approximate surface area is 112 Å². The van der Waals surface area contributed by atoms with Gasteiger partial charge in [0.25, 0.3) is 5.97 Å². The molecule has 0 radical (unpaired) electrons. The molecule has 0 fully saturated rings. The quantitative estimate of drug-likeness (QED) is 0.859. The molecule has 0 bridgehead atoms. The fourth-order valence-corrected chi connectivity index (χ4v) is 1.52. The van der Waals surface area contributed by atoms with E-state index in [-0.39, 0.29) is 12.2 Å². The van der Waals surface area contributed by atoms with Gasteiger partial charge in [-0.25, -0.2) is 0 Å². The van der Waals surface area contributed by atoms with Crippen LogP contribution in [0.1, 0.15) is 18.9 Å². The number of carboxylic acid groups (broad SMARTS) is 1. The van der Waals surface area contributed by atoms with Gasteiger partial charge in [0.2, 0.25) is 0 Å². The Hall–Kier alpha value is -2.07. The predicted octanol–water partition coefficient (Wildman–Crippen LogP) is 2.45. The van der Waals surface area contributed by atoms with Crippen molar-refractivity contribution in [1.82, 2.24) is 0 Å². The maximum Gasteiger partial charge on any atom is 0.300 e. The smallest absolute Gasteiger partial charge is 0.300 e. The zero-order valence-corrected chi connectivity index (χ0v) is 10.8. The highest BCUT2D eigenvalue weighted by Gasteiger charge is 2.13. The van der Waals surface area contributed by atoms with Gasteiger partial charge >= 0.3 is 0 Å². The summed E-state index contributed by atoms with van der Waals surface area (Å²) in [6.07, 6.45) is 7.42. The summed E-state index contributed by atoms with van der Waals surface area (Å²) >= 11 is 0. The highest BCUT2D eigenvalue weighted by molar-refractivity contribution is 5.62. The zero-order chi connectivity index (χ0) is 14.1. The highest BCUT2D eigenvalue weighted by Crippen LogP contribution is 2.13. The van der Waals surface area contributed by atoms with Crippen LogP contribution < -0.4 is 0 Å². The number of aliphatic hydroxyl groups excluding tert-OH is 1. The van der Waals surface area contributed by atoms with Crippen LogP contribution in [0.25, 0.3) is 6.08 Å². The minimum Gasteiger partial charge on any atom is -0.494 e. The van der Waals surface area contributed by atoms with Crippen LogP contribution in [0.2, 0.25) is 0 Å². The molecule has 102 valence electrons. The fourth-order valence-electron chi connectivity index (χ4n) is 1.52. The highest BCUT2D eigenvalue weighted by atomic mass is 16.5. The molecule has 2 unspecified atom stereocenters. The number of hydrogen-bond acceptors (Lipinski definition) is 3. The van der Waals surface area contributed by atoms with E-state index in [0.717, 1.165) is 12.5 Å². The number of benzene rings is 1. The van der Waals surface area contributed by atoms with E-state index in [0.29, 0.717) is 6.42 Å². The Balaban J connectivity index is 0.000000399. The van der Waals surface area contributed by atoms with Crippen LogP contribution in [0.3, 0.4) is 0 Å². The molecule has 0 spiro atoms. The van der Waals surface area contributed by atoms with Gasteiger partial charge in [-0.05, 0) is 17.7 Å². The summed E-state index contributed by atoms with van der Waals surface area (Å²) in [5, 5.41) is 16.8. The zero-order valence-electron chi connectivity index (χ0n) is 10.8. The molecule has 0 saturated heterocycles. The molecule has 0 aliphatic carbocycles. The third-order valence-electron chi connectivity index (χ3n) is 2.33. The lowest BCUT2D eigenvalue weighted by molar-refractivity contribution is -0.134. The van der Waals surface area contributed by atoms with Gasteiger partial charge in [-0.3, -0.25) is 4.79 Å². The summed E-state index contributed by atoms with van der Waals surface area (Å²) in [6, 6.07) is 10.0. The van der Waals surface area contributed by atoms with Crippen LogP contribution >= 0.6 is 0 Å². The van der Waals surface area contributed by atoms with Gasteiger partial charge in [-0.2, -0.15) is 0 Å². The van der Waals surface area contributed by atoms with Crippen molar-refractivity contribution in [1.29, 1.82) is 0 Å². The first kappa shape index (κ1) is 15.0. The number of rotatable bonds is 2. The normalized spacial score (nSPS) is 21.4. The van der Waals surface area contributed by atoms with Gasteiger partial charge in [0.1, 0.15) is 6.10 Å². The molecule has 1 aliphatic rings. The van der Waals surface area contributed by atoms with Crippen molar-refractivity contribution in [2.75, 3.05) is 0 Å². The van der Waals surface area contributed by atoms with Crippen molar-refractivity contribution in [3.05, 3.63) is 54.3 Å². The molecule has 0 aromatic heterocycles. The summed E-state index contributed by atoms with van der Waals surface area (Å²) in [5.74, 6) is -0.833. The SMILES string of the molecule is CC(=O)O.OC1C=COC(C=Cc2ccccc2)C1. The van der Waals surface area contributed by atoms with E-state index < -0.39 is 5.97 Å². The summed E-state index contributed by atoms with van der Waals surface area (Å²) < 4.78 is 5.34. The molecule has 0 saturated carbocycles. The summed E-state index contributed by atoms with van der Waals surface area (Å²) in [4.78, 5) is 9.00. The van der Waals surface area contributed by atoms with Crippen LogP contribution in [-0.2, 0) is 9.53 Å². The van der Waals surface area contributed by atoms with E-state index in [9.17, 15) is 5.11 Å². The summed E-state index contributed by atoms with van der Waals surface area (Å²) in [7, 11) is 0. The van der Waals surface area contributed by atoms with Gasteiger partial charge < -0.3 is 14.9 Å². The van der Waals surface area contributed by atoms with Gasteiger partial charge in [0, 0.05) is 13.3 Å². The maximum absolute atomic E-state index is 9.38. The predicted molar refractivity (Wildman–Crippen MR) is 73.4 cm³/mol. The Morgan fingerprint density at radius 2 is 2.00 bits per heavy atom. The third kappa shape index (κ3) is 7.06. The van der Waals surface area contributed by atoms with Crippen LogP contribution in [0.15, 0.2) is 48.7 Å². The van der Waals surface area contributed by atoms with Crippen molar-refractivity contribution >= 4 is 12.0 Å². The van der Waals surface area contributed by atoms with E-state index >= 15 is 0 Å². The Morgan fingerprint density at radius 1 is 1.37 bits per heavy atom. The molecule has 4 heteroatoms. The Bertz CT molecular complexity index is 433. The molecule has 0 amide bonds. The number of aliphatic carboxylic acids is 1. The summed E-state index contributed by atoms with van der Waals surface area (Å²) in [5.41, 5.74) is 1.14. The molecule has 2 rings (SSSR count). The van der Waals surface area contributed by atoms with Crippen molar-refractivity contribution in [2.24, 2.45) is 0 Å². The van der Waals surface area contributed by atoms with Gasteiger partial charge in [-0.15, -0.1) is 0 Å². The number of ether oxygens (including phenoxy) is 1. The van der Waals surface area contributed by atoms with Crippen LogP contribution in [-0.4, -0.2) is 28.4 Å². The number of hydrogen-bond donors (Lipinski definition) is 2. The number of aliphatic hydroxyl groups is 1. The molecule has 4 nitrogen and oxygen atoms in total. The molecule has 2 N–H and O–H groups in total. The molecule has 1 heterocycles. The molecular formula is C15H18O4. The monoisotopic (exact) mass is 262 g/mol. The third-order valence-corrected chi connectivity index (χ3v) is 2.33. The van der Waals surface area contributed by atoms with Crippen molar-refractivity contribution in [2.45, 2.75) is 25.6 Å². The largest absolute Gasteiger partial charge is 0.494 e. The molecule has 1 aliphatic heterocycles. The lowest BCUT2D eigenvalue weighted by Gasteiger charge is -2.19. The average Bonchev–Trinajstić information content (AvgIpc) is 2.37. The van der Waals surface area contributed by atoms with Crippen molar-refractivity contribution < 1.29 is 19.7 Å². The number of carboxylic acids is 1. The van der Waals surface area contributed by atoms with Gasteiger partial charge in [0.15, 0.2) is 0 Å². The molecule has 19 heavy (non-hydrogen) atoms. The molecule has 1 aromatic carbocycles. The molecular weight excluding hydrogens is 244 g/mol. The second-order valence-electron chi connectivity index (χ2n) is 4.09. The summed E-state index contributed by atoms with van der Waals surface area (Å²) in [6.45, 7) is 1.08. The van der Waals surface area contributed by atoms with E-state index in [1.807, 2.05) is 42.5 Å². The first-order valence-electron chi connectivity index (χ1n) is 6.01. The lowest BCUT2D eigenvalue weighted by Crippen LogP contribution is -2.19. The van der Waals surface area contributed by atoms with Crippen LogP contribution in [0.4, 0.5) is 0 Å². The van der Waals surface area contributed by atoms with Crippen molar-refractivity contribution in [3.63, 3.8) is 0 Å². The number of carbonyl (C=O) groups is 1. The Morgan fingerprint density at radius 3 is 2.58 bits per heavy atom. The first-order valence-corrected chi connectivity index (χ1v) is 6.01. The van der Waals surface area contributed by atoms with Crippen molar-refractivity contribution in [3.8, 4) is 0 Å². The van der Waals surface area contributed by atoms with E-state index in [1.165, 1.54) is 0 Å². The fraction of sp³-hybridized carbons (Fsp3) is 0.267. The minimum atomic E-state index is -0.833. The second-order valence-corrected chi connectivity index (χ2v) is 4.09. The van der Waals surface area contributed by atoms with E-state index in [4.69, 9.17) is 14.6 Å². The minimum absolute atomic E-state index is 0.0230. The van der Waals surface area contributed by atoms with Crippen LogP contribution in [0, 0.1) is 0 Å². The Kier molecular flexibility index (Phi) is 6.39. The standard InChI is InChI=1S/C13H14O2.C2H4O2/c14-12-8-9-15-13(10-12)7-6-11-4-2-1-3-5-11;1-2(3)4/h1-9,12-14H,10H2;1H3,(H,3,4).